The third-order valence-corrected chi connectivity index (χ3v) is 3.83. The van der Waals surface area contributed by atoms with Gasteiger partial charge in [0, 0.05) is 18.0 Å². The van der Waals surface area contributed by atoms with Crippen LogP contribution in [0.4, 0.5) is 0 Å². The molecule has 1 N–H and O–H groups in total. The second-order valence-corrected chi connectivity index (χ2v) is 6.02. The first-order valence-electron chi connectivity index (χ1n) is 7.16. The maximum absolute atomic E-state index is 12.3. The molecule has 0 aliphatic rings. The van der Waals surface area contributed by atoms with Crippen molar-refractivity contribution < 1.29 is 4.79 Å². The predicted octanol–water partition coefficient (Wildman–Crippen LogP) is 3.52. The van der Waals surface area contributed by atoms with Crippen LogP contribution in [0.25, 0.3) is 5.69 Å². The lowest BCUT2D eigenvalue weighted by Crippen LogP contribution is -2.27. The molecule has 3 aromatic rings. The van der Waals surface area contributed by atoms with Gasteiger partial charge in [-0.1, -0.05) is 6.07 Å². The van der Waals surface area contributed by atoms with Gasteiger partial charge in [-0.3, -0.25) is 9.78 Å². The van der Waals surface area contributed by atoms with E-state index in [1.54, 1.807) is 29.2 Å². The van der Waals surface area contributed by atoms with E-state index in [9.17, 15) is 4.79 Å². The molecule has 2 heterocycles. The molecule has 2 aromatic heterocycles. The number of halogens is 1. The monoisotopic (exact) mass is 370 g/mol. The number of amides is 1. The molecule has 1 amide bonds. The molecule has 1 unspecified atom stereocenters. The van der Waals surface area contributed by atoms with Gasteiger partial charge in [0.25, 0.3) is 5.91 Å². The summed E-state index contributed by atoms with van der Waals surface area (Å²) in [6, 6.07) is 12.8. The first kappa shape index (κ1) is 15.4. The highest BCUT2D eigenvalue weighted by Gasteiger charge is 2.12. The smallest absolute Gasteiger partial charge is 0.251 e. The lowest BCUT2D eigenvalue weighted by atomic mass is 10.1. The highest BCUT2D eigenvalue weighted by molar-refractivity contribution is 9.10. The largest absolute Gasteiger partial charge is 0.344 e. The van der Waals surface area contributed by atoms with Crippen LogP contribution in [0.1, 0.15) is 29.0 Å². The van der Waals surface area contributed by atoms with Crippen LogP contribution in [-0.4, -0.2) is 20.7 Å². The van der Waals surface area contributed by atoms with Crippen molar-refractivity contribution in [2.75, 3.05) is 0 Å². The normalized spacial score (nSPS) is 11.9. The minimum absolute atomic E-state index is 0.128. The van der Waals surface area contributed by atoms with Crippen molar-refractivity contribution in [2.24, 2.45) is 0 Å². The zero-order chi connectivity index (χ0) is 16.2. The fourth-order valence-electron chi connectivity index (χ4n) is 2.19. The van der Waals surface area contributed by atoms with Gasteiger partial charge in [0.2, 0.25) is 0 Å². The standard InChI is InChI=1S/C17H15BrN4O/c1-12(16-4-2-3-9-19-16)21-17(23)13-5-7-15(8-6-13)22-11-14(18)10-20-22/h2-12H,1H3,(H,21,23). The Morgan fingerprint density at radius 2 is 2.00 bits per heavy atom. The maximum atomic E-state index is 12.3. The first-order valence-corrected chi connectivity index (χ1v) is 7.95. The molecule has 0 aliphatic carbocycles. The molecule has 23 heavy (non-hydrogen) atoms. The molecular formula is C17H15BrN4O. The van der Waals surface area contributed by atoms with Crippen LogP contribution in [0.5, 0.6) is 0 Å². The van der Waals surface area contributed by atoms with Crippen molar-refractivity contribution in [2.45, 2.75) is 13.0 Å². The fourth-order valence-corrected chi connectivity index (χ4v) is 2.48. The van der Waals surface area contributed by atoms with E-state index in [1.807, 2.05) is 43.5 Å². The molecule has 116 valence electrons. The summed E-state index contributed by atoms with van der Waals surface area (Å²) in [4.78, 5) is 16.6. The van der Waals surface area contributed by atoms with E-state index in [4.69, 9.17) is 0 Å². The number of pyridine rings is 1. The molecule has 0 saturated carbocycles. The van der Waals surface area contributed by atoms with Crippen molar-refractivity contribution in [3.8, 4) is 5.69 Å². The van der Waals surface area contributed by atoms with Crippen LogP contribution >= 0.6 is 15.9 Å². The third kappa shape index (κ3) is 3.65. The van der Waals surface area contributed by atoms with Gasteiger partial charge in [0.05, 0.1) is 28.1 Å². The molecule has 0 bridgehead atoms. The number of nitrogens with zero attached hydrogens (tertiary/aromatic N) is 3. The summed E-state index contributed by atoms with van der Waals surface area (Å²) in [6.07, 6.45) is 5.29. The van der Waals surface area contributed by atoms with E-state index in [2.05, 4.69) is 31.3 Å². The van der Waals surface area contributed by atoms with E-state index in [0.29, 0.717) is 5.56 Å². The van der Waals surface area contributed by atoms with Gasteiger partial charge in [-0.05, 0) is 59.3 Å². The van der Waals surface area contributed by atoms with Crippen LogP contribution in [0.2, 0.25) is 0 Å². The van der Waals surface area contributed by atoms with Crippen molar-refractivity contribution in [1.82, 2.24) is 20.1 Å². The van der Waals surface area contributed by atoms with Crippen LogP contribution in [0.15, 0.2) is 65.5 Å². The number of hydrogen-bond donors (Lipinski definition) is 1. The lowest BCUT2D eigenvalue weighted by molar-refractivity contribution is 0.0939. The minimum Gasteiger partial charge on any atom is -0.344 e. The van der Waals surface area contributed by atoms with Gasteiger partial charge in [-0.15, -0.1) is 0 Å². The Morgan fingerprint density at radius 3 is 2.61 bits per heavy atom. The fraction of sp³-hybridized carbons (Fsp3) is 0.118. The molecular weight excluding hydrogens is 356 g/mol. The number of carbonyl (C=O) groups is 1. The summed E-state index contributed by atoms with van der Waals surface area (Å²) < 4.78 is 2.64. The molecule has 6 heteroatoms. The van der Waals surface area contributed by atoms with E-state index < -0.39 is 0 Å². The summed E-state index contributed by atoms with van der Waals surface area (Å²) in [5.41, 5.74) is 2.33. The molecule has 0 aliphatic heterocycles. The van der Waals surface area contributed by atoms with Crippen molar-refractivity contribution in [1.29, 1.82) is 0 Å². The molecule has 3 rings (SSSR count). The zero-order valence-corrected chi connectivity index (χ0v) is 14.1. The highest BCUT2D eigenvalue weighted by atomic mass is 79.9. The quantitative estimate of drug-likeness (QED) is 0.764. The second-order valence-electron chi connectivity index (χ2n) is 5.10. The number of rotatable bonds is 4. The SMILES string of the molecule is CC(NC(=O)c1ccc(-n2cc(Br)cn2)cc1)c1ccccn1. The Hall–Kier alpha value is -2.47. The molecule has 5 nitrogen and oxygen atoms in total. The molecule has 0 fully saturated rings. The number of aromatic nitrogens is 3. The Bertz CT molecular complexity index is 799. The maximum Gasteiger partial charge on any atom is 0.251 e. The summed E-state index contributed by atoms with van der Waals surface area (Å²) in [5, 5.41) is 7.15. The van der Waals surface area contributed by atoms with Crippen molar-refractivity contribution >= 4 is 21.8 Å². The summed E-state index contributed by atoms with van der Waals surface area (Å²) in [5.74, 6) is -0.128. The third-order valence-electron chi connectivity index (χ3n) is 3.42. The Morgan fingerprint density at radius 1 is 1.22 bits per heavy atom. The van der Waals surface area contributed by atoms with Crippen LogP contribution < -0.4 is 5.32 Å². The summed E-state index contributed by atoms with van der Waals surface area (Å²) >= 11 is 3.36. The lowest BCUT2D eigenvalue weighted by Gasteiger charge is -2.13. The summed E-state index contributed by atoms with van der Waals surface area (Å²) in [7, 11) is 0. The number of carbonyl (C=O) groups excluding carboxylic acids is 1. The van der Waals surface area contributed by atoms with E-state index >= 15 is 0 Å². The van der Waals surface area contributed by atoms with Crippen molar-refractivity contribution in [3.05, 3.63) is 76.8 Å². The summed E-state index contributed by atoms with van der Waals surface area (Å²) in [6.45, 7) is 1.91. The Balaban J connectivity index is 1.70. The van der Waals surface area contributed by atoms with Crippen LogP contribution in [0.3, 0.4) is 0 Å². The topological polar surface area (TPSA) is 59.8 Å². The zero-order valence-electron chi connectivity index (χ0n) is 12.5. The molecule has 1 atom stereocenters. The predicted molar refractivity (Wildman–Crippen MR) is 91.4 cm³/mol. The van der Waals surface area contributed by atoms with E-state index in [0.717, 1.165) is 15.9 Å². The Kier molecular flexibility index (Phi) is 4.52. The second kappa shape index (κ2) is 6.75. The number of nitrogens with one attached hydrogen (secondary N) is 1. The number of benzene rings is 1. The highest BCUT2D eigenvalue weighted by Crippen LogP contribution is 2.14. The average Bonchev–Trinajstić information content (AvgIpc) is 3.02. The first-order chi connectivity index (χ1) is 11.1. The van der Waals surface area contributed by atoms with Gasteiger partial charge < -0.3 is 5.32 Å². The molecule has 0 spiro atoms. The number of hydrogen-bond acceptors (Lipinski definition) is 3. The molecule has 0 saturated heterocycles. The average molecular weight is 371 g/mol. The van der Waals surface area contributed by atoms with Gasteiger partial charge in [0.1, 0.15) is 0 Å². The van der Waals surface area contributed by atoms with Crippen LogP contribution in [-0.2, 0) is 0 Å². The van der Waals surface area contributed by atoms with Gasteiger partial charge >= 0.3 is 0 Å². The van der Waals surface area contributed by atoms with Gasteiger partial charge in [0.15, 0.2) is 0 Å². The van der Waals surface area contributed by atoms with Crippen LogP contribution in [0, 0.1) is 0 Å². The Labute approximate surface area is 142 Å². The van der Waals surface area contributed by atoms with Gasteiger partial charge in [-0.2, -0.15) is 5.10 Å². The van der Waals surface area contributed by atoms with Gasteiger partial charge in [-0.25, -0.2) is 4.68 Å². The minimum atomic E-state index is -0.148. The van der Waals surface area contributed by atoms with E-state index in [-0.39, 0.29) is 11.9 Å². The molecule has 1 aromatic carbocycles. The van der Waals surface area contributed by atoms with Crippen molar-refractivity contribution in [3.63, 3.8) is 0 Å². The van der Waals surface area contributed by atoms with E-state index in [1.165, 1.54) is 0 Å². The molecule has 0 radical (unpaired) electrons.